The normalized spacial score (nSPS) is 10.7. The molecule has 0 unspecified atom stereocenters. The van der Waals surface area contributed by atoms with Crippen molar-refractivity contribution in [2.24, 2.45) is 0 Å². The number of hydrogen-bond acceptors (Lipinski definition) is 4. The second-order valence-electron chi connectivity index (χ2n) is 5.28. The number of H-pyrrole nitrogens is 1. The minimum atomic E-state index is -0.253. The molecule has 24 heavy (non-hydrogen) atoms. The fourth-order valence-electron chi connectivity index (χ4n) is 2.49. The van der Waals surface area contributed by atoms with Crippen LogP contribution in [0.15, 0.2) is 82.1 Å². The van der Waals surface area contributed by atoms with Crippen LogP contribution in [0.5, 0.6) is 11.5 Å². The van der Waals surface area contributed by atoms with E-state index < -0.39 is 0 Å². The van der Waals surface area contributed by atoms with Crippen LogP contribution in [-0.4, -0.2) is 5.16 Å². The second kappa shape index (κ2) is 5.96. The predicted molar refractivity (Wildman–Crippen MR) is 93.1 cm³/mol. The van der Waals surface area contributed by atoms with Gasteiger partial charge in [-0.3, -0.25) is 4.79 Å². The van der Waals surface area contributed by atoms with E-state index in [0.717, 1.165) is 17.2 Å². The van der Waals surface area contributed by atoms with Crippen molar-refractivity contribution in [3.05, 3.63) is 83.2 Å². The van der Waals surface area contributed by atoms with Crippen molar-refractivity contribution in [2.75, 3.05) is 5.32 Å². The zero-order chi connectivity index (χ0) is 16.4. The van der Waals surface area contributed by atoms with Gasteiger partial charge in [0.2, 0.25) is 0 Å². The molecule has 4 rings (SSSR count). The van der Waals surface area contributed by atoms with Crippen LogP contribution in [-0.2, 0) is 0 Å². The first-order valence-electron chi connectivity index (χ1n) is 7.50. The van der Waals surface area contributed by atoms with Crippen molar-refractivity contribution in [2.45, 2.75) is 0 Å². The number of rotatable bonds is 4. The highest BCUT2D eigenvalue weighted by Gasteiger charge is 2.09. The lowest BCUT2D eigenvalue weighted by atomic mass is 10.2. The van der Waals surface area contributed by atoms with Crippen LogP contribution in [0, 0.1) is 0 Å². The Morgan fingerprint density at radius 1 is 0.833 bits per heavy atom. The highest BCUT2D eigenvalue weighted by atomic mass is 16.5. The first kappa shape index (κ1) is 14.1. The summed E-state index contributed by atoms with van der Waals surface area (Å²) >= 11 is 0. The van der Waals surface area contributed by atoms with Crippen molar-refractivity contribution in [3.8, 4) is 11.5 Å². The molecule has 0 saturated carbocycles. The van der Waals surface area contributed by atoms with Gasteiger partial charge in [0.25, 0.3) is 5.56 Å². The predicted octanol–water partition coefficient (Wildman–Crippen LogP) is 4.66. The van der Waals surface area contributed by atoms with E-state index in [1.165, 1.54) is 0 Å². The first-order valence-corrected chi connectivity index (χ1v) is 7.50. The number of fused-ring (bicyclic) bond motifs is 1. The van der Waals surface area contributed by atoms with Gasteiger partial charge in [-0.15, -0.1) is 0 Å². The summed E-state index contributed by atoms with van der Waals surface area (Å²) in [5.74, 6) is 1.53. The number of anilines is 2. The Morgan fingerprint density at radius 3 is 2.38 bits per heavy atom. The molecule has 0 radical (unpaired) electrons. The molecule has 5 nitrogen and oxygen atoms in total. The van der Waals surface area contributed by atoms with Crippen LogP contribution in [0.2, 0.25) is 0 Å². The smallest absolute Gasteiger partial charge is 0.289 e. The Kier molecular flexibility index (Phi) is 3.51. The van der Waals surface area contributed by atoms with Crippen LogP contribution < -0.4 is 15.6 Å². The molecule has 0 atom stereocenters. The zero-order valence-electron chi connectivity index (χ0n) is 12.7. The number of benzene rings is 3. The van der Waals surface area contributed by atoms with Gasteiger partial charge in [0, 0.05) is 5.69 Å². The maximum absolute atomic E-state index is 11.8. The molecule has 4 aromatic rings. The van der Waals surface area contributed by atoms with Crippen LogP contribution in [0.4, 0.5) is 11.4 Å². The molecule has 118 valence electrons. The average molecular weight is 318 g/mol. The quantitative estimate of drug-likeness (QED) is 0.574. The van der Waals surface area contributed by atoms with Crippen molar-refractivity contribution in [3.63, 3.8) is 0 Å². The number of ether oxygens (including phenoxy) is 1. The van der Waals surface area contributed by atoms with Crippen molar-refractivity contribution < 1.29 is 9.26 Å². The molecule has 5 heteroatoms. The SMILES string of the molecule is O=c1[nH]oc2cccc(Nc3ccc(Oc4ccccc4)cc3)c12. The number of para-hydroxylation sites is 1. The van der Waals surface area contributed by atoms with E-state index >= 15 is 0 Å². The molecule has 3 aromatic carbocycles. The standard InChI is InChI=1S/C19H14N2O3/c22-19-18-16(7-4-8-17(18)24-21-19)20-13-9-11-15(12-10-13)23-14-5-2-1-3-6-14/h1-12,20H,(H,21,22). The van der Waals surface area contributed by atoms with Crippen molar-refractivity contribution in [1.29, 1.82) is 0 Å². The highest BCUT2D eigenvalue weighted by molar-refractivity contribution is 5.91. The number of nitrogens with one attached hydrogen (secondary N) is 2. The van der Waals surface area contributed by atoms with E-state index in [1.807, 2.05) is 66.7 Å². The monoisotopic (exact) mass is 318 g/mol. The van der Waals surface area contributed by atoms with Crippen molar-refractivity contribution in [1.82, 2.24) is 5.16 Å². The third-order valence-corrected chi connectivity index (χ3v) is 3.62. The van der Waals surface area contributed by atoms with E-state index in [0.29, 0.717) is 16.7 Å². The maximum Gasteiger partial charge on any atom is 0.289 e. The summed E-state index contributed by atoms with van der Waals surface area (Å²) in [4.78, 5) is 11.8. The summed E-state index contributed by atoms with van der Waals surface area (Å²) in [6.07, 6.45) is 0. The average Bonchev–Trinajstić information content (AvgIpc) is 3.00. The summed E-state index contributed by atoms with van der Waals surface area (Å²) in [7, 11) is 0. The van der Waals surface area contributed by atoms with Crippen LogP contribution in [0.3, 0.4) is 0 Å². The molecule has 0 fully saturated rings. The molecule has 1 aromatic heterocycles. The summed E-state index contributed by atoms with van der Waals surface area (Å²) < 4.78 is 10.9. The van der Waals surface area contributed by atoms with Gasteiger partial charge in [-0.2, -0.15) is 5.16 Å². The molecule has 0 saturated heterocycles. The van der Waals surface area contributed by atoms with Gasteiger partial charge in [-0.1, -0.05) is 24.3 Å². The molecule has 2 N–H and O–H groups in total. The molecule has 0 aliphatic carbocycles. The molecular formula is C19H14N2O3. The van der Waals surface area contributed by atoms with Gasteiger partial charge in [0.1, 0.15) is 16.9 Å². The van der Waals surface area contributed by atoms with Crippen LogP contribution >= 0.6 is 0 Å². The lowest BCUT2D eigenvalue weighted by Crippen LogP contribution is -2.00. The Labute approximate surface area is 137 Å². The van der Waals surface area contributed by atoms with Crippen molar-refractivity contribution >= 4 is 22.3 Å². The molecule has 0 aliphatic heterocycles. The lowest BCUT2D eigenvalue weighted by molar-refractivity contribution is 0.449. The van der Waals surface area contributed by atoms with E-state index in [2.05, 4.69) is 10.5 Å². The highest BCUT2D eigenvalue weighted by Crippen LogP contribution is 2.26. The van der Waals surface area contributed by atoms with Crippen LogP contribution in [0.1, 0.15) is 0 Å². The Hall–Kier alpha value is -3.47. The zero-order valence-corrected chi connectivity index (χ0v) is 12.7. The largest absolute Gasteiger partial charge is 0.457 e. The Morgan fingerprint density at radius 2 is 1.58 bits per heavy atom. The van der Waals surface area contributed by atoms with Crippen LogP contribution in [0.25, 0.3) is 11.0 Å². The molecule has 0 bridgehead atoms. The maximum atomic E-state index is 11.8. The van der Waals surface area contributed by atoms with E-state index in [9.17, 15) is 4.79 Å². The molecule has 0 spiro atoms. The van der Waals surface area contributed by atoms with Gasteiger partial charge < -0.3 is 14.6 Å². The summed E-state index contributed by atoms with van der Waals surface area (Å²) in [5.41, 5.74) is 1.81. The summed E-state index contributed by atoms with van der Waals surface area (Å²) in [6, 6.07) is 22.5. The fourth-order valence-corrected chi connectivity index (χ4v) is 2.49. The molecule has 0 amide bonds. The topological polar surface area (TPSA) is 67.3 Å². The summed E-state index contributed by atoms with van der Waals surface area (Å²) in [6.45, 7) is 0. The first-order chi connectivity index (χ1) is 11.8. The van der Waals surface area contributed by atoms with Gasteiger partial charge >= 0.3 is 0 Å². The minimum absolute atomic E-state index is 0.253. The fraction of sp³-hybridized carbons (Fsp3) is 0. The van der Waals surface area contributed by atoms with Gasteiger partial charge in [-0.25, -0.2) is 0 Å². The van der Waals surface area contributed by atoms with Gasteiger partial charge in [0.05, 0.1) is 5.69 Å². The minimum Gasteiger partial charge on any atom is -0.457 e. The van der Waals surface area contributed by atoms with E-state index in [4.69, 9.17) is 9.26 Å². The molecule has 1 heterocycles. The second-order valence-corrected chi connectivity index (χ2v) is 5.28. The lowest BCUT2D eigenvalue weighted by Gasteiger charge is -2.09. The molecule has 0 aliphatic rings. The van der Waals surface area contributed by atoms with Gasteiger partial charge in [-0.05, 0) is 48.5 Å². The van der Waals surface area contributed by atoms with E-state index in [1.54, 1.807) is 6.07 Å². The third-order valence-electron chi connectivity index (χ3n) is 3.62. The van der Waals surface area contributed by atoms with Gasteiger partial charge in [0.15, 0.2) is 5.58 Å². The van der Waals surface area contributed by atoms with E-state index in [-0.39, 0.29) is 5.56 Å². The number of aromatic amines is 1. The third kappa shape index (κ3) is 2.75. The molecular weight excluding hydrogens is 304 g/mol. The Bertz CT molecular complexity index is 1020. The number of aromatic nitrogens is 1. The summed E-state index contributed by atoms with van der Waals surface area (Å²) in [5, 5.41) is 6.08. The number of hydrogen-bond donors (Lipinski definition) is 2. The Balaban J connectivity index is 1.57.